The molecule has 0 saturated carbocycles. The molecule has 0 radical (unpaired) electrons. The minimum Gasteiger partial charge on any atom is -0.547 e. The molecule has 5 atom stereocenters. The Morgan fingerprint density at radius 3 is 2.08 bits per heavy atom. The summed E-state index contributed by atoms with van der Waals surface area (Å²) in [7, 11) is 0. The summed E-state index contributed by atoms with van der Waals surface area (Å²) in [5.41, 5.74) is 0. The van der Waals surface area contributed by atoms with Crippen LogP contribution in [0.15, 0.2) is 0 Å². The van der Waals surface area contributed by atoms with E-state index in [1.54, 1.807) is 0 Å². The molecule has 0 spiro atoms. The quantitative estimate of drug-likeness (QED) is 0.330. The molecule has 0 aromatic heterocycles. The Bertz CT molecular complexity index is 205. The Morgan fingerprint density at radius 1 is 1.08 bits per heavy atom. The lowest BCUT2D eigenvalue weighted by Crippen LogP contribution is -2.62. The zero-order chi connectivity index (χ0) is 10.2. The van der Waals surface area contributed by atoms with Gasteiger partial charge in [0.25, 0.3) is 0 Å². The van der Waals surface area contributed by atoms with Crippen molar-refractivity contribution in [3.8, 4) is 0 Å². The third-order valence-corrected chi connectivity index (χ3v) is 1.82. The fourth-order valence-electron chi connectivity index (χ4n) is 1.06. The highest BCUT2D eigenvalue weighted by molar-refractivity contribution is 5.71. The maximum atomic E-state index is 10.3. The van der Waals surface area contributed by atoms with Crippen molar-refractivity contribution >= 4 is 5.97 Å². The number of aliphatic hydroxyl groups is 4. The van der Waals surface area contributed by atoms with Gasteiger partial charge in [0.2, 0.25) is 0 Å². The van der Waals surface area contributed by atoms with Crippen LogP contribution >= 0.6 is 0 Å². The Labute approximate surface area is 72.8 Å². The highest BCUT2D eigenvalue weighted by Gasteiger charge is 2.43. The molecule has 4 N–H and O–H groups in total. The van der Waals surface area contributed by atoms with Crippen molar-refractivity contribution < 1.29 is 35.1 Å². The normalized spacial score (nSPS) is 46.0. The van der Waals surface area contributed by atoms with Gasteiger partial charge in [-0.3, -0.25) is 0 Å². The van der Waals surface area contributed by atoms with E-state index in [2.05, 4.69) is 4.74 Å². The van der Waals surface area contributed by atoms with Crippen LogP contribution in [0.3, 0.4) is 0 Å². The molecular formula is C6H9O7-. The van der Waals surface area contributed by atoms with Crippen molar-refractivity contribution in [2.24, 2.45) is 0 Å². The maximum absolute atomic E-state index is 10.3. The van der Waals surface area contributed by atoms with Crippen LogP contribution in [0.1, 0.15) is 0 Å². The molecule has 0 bridgehead atoms. The molecular weight excluding hydrogens is 184 g/mol. The number of hydrogen-bond acceptors (Lipinski definition) is 7. The second-order valence-electron chi connectivity index (χ2n) is 2.74. The third-order valence-electron chi connectivity index (χ3n) is 1.82. The third kappa shape index (κ3) is 1.79. The van der Waals surface area contributed by atoms with Gasteiger partial charge in [-0.2, -0.15) is 0 Å². The van der Waals surface area contributed by atoms with Crippen LogP contribution in [0.25, 0.3) is 0 Å². The molecule has 1 heterocycles. The molecule has 0 aliphatic carbocycles. The first-order valence-electron chi connectivity index (χ1n) is 3.53. The van der Waals surface area contributed by atoms with E-state index in [1.165, 1.54) is 0 Å². The van der Waals surface area contributed by atoms with Gasteiger partial charge in [0, 0.05) is 0 Å². The lowest BCUT2D eigenvalue weighted by Gasteiger charge is -2.38. The summed E-state index contributed by atoms with van der Waals surface area (Å²) in [4.78, 5) is 10.3. The molecule has 76 valence electrons. The molecule has 7 nitrogen and oxygen atoms in total. The number of ether oxygens (including phenoxy) is 1. The number of aliphatic hydroxyl groups excluding tert-OH is 4. The highest BCUT2D eigenvalue weighted by Crippen LogP contribution is 2.19. The summed E-state index contributed by atoms with van der Waals surface area (Å²) in [5, 5.41) is 46.1. The van der Waals surface area contributed by atoms with Crippen molar-refractivity contribution in [2.45, 2.75) is 30.7 Å². The second kappa shape index (κ2) is 3.56. The molecule has 1 rings (SSSR count). The van der Waals surface area contributed by atoms with Crippen molar-refractivity contribution in [2.75, 3.05) is 0 Å². The summed E-state index contributed by atoms with van der Waals surface area (Å²) in [6.07, 6.45) is -9.00. The van der Waals surface area contributed by atoms with E-state index in [9.17, 15) is 9.90 Å². The molecule has 1 aliphatic heterocycles. The van der Waals surface area contributed by atoms with Crippen LogP contribution in [0, 0.1) is 0 Å². The van der Waals surface area contributed by atoms with Crippen LogP contribution in [0.4, 0.5) is 0 Å². The van der Waals surface area contributed by atoms with Crippen LogP contribution < -0.4 is 5.11 Å². The molecule has 1 unspecified atom stereocenters. The first-order valence-corrected chi connectivity index (χ1v) is 3.53. The summed E-state index contributed by atoms with van der Waals surface area (Å²) in [5.74, 6) is -1.77. The van der Waals surface area contributed by atoms with Crippen LogP contribution in [0.2, 0.25) is 0 Å². The Hall–Kier alpha value is -0.730. The van der Waals surface area contributed by atoms with E-state index in [-0.39, 0.29) is 0 Å². The van der Waals surface area contributed by atoms with Gasteiger partial charge in [-0.25, -0.2) is 0 Å². The lowest BCUT2D eigenvalue weighted by molar-refractivity contribution is -0.345. The standard InChI is InChI=1S/C6H10O7/c7-1-2(8)4(5(10)11)13-6(12)3(1)9/h1-4,6-9,12H,(H,10,11)/p-1/t1-,2+,3+,4-,6?/m0/s1. The molecule has 1 saturated heterocycles. The maximum Gasteiger partial charge on any atom is 0.184 e. The predicted octanol–water partition coefficient (Wildman–Crippen LogP) is -4.46. The molecule has 1 fully saturated rings. The smallest absolute Gasteiger partial charge is 0.184 e. The highest BCUT2D eigenvalue weighted by atomic mass is 16.6. The number of hydrogen-bond donors (Lipinski definition) is 4. The number of aliphatic carboxylic acids is 1. The fraction of sp³-hybridized carbons (Fsp3) is 0.833. The summed E-state index contributed by atoms with van der Waals surface area (Å²) < 4.78 is 4.28. The number of carboxylic acids is 1. The Balaban J connectivity index is 2.76. The van der Waals surface area contributed by atoms with Crippen molar-refractivity contribution in [3.05, 3.63) is 0 Å². The topological polar surface area (TPSA) is 130 Å². The van der Waals surface area contributed by atoms with E-state index < -0.39 is 36.7 Å². The second-order valence-corrected chi connectivity index (χ2v) is 2.74. The summed E-state index contributed by atoms with van der Waals surface area (Å²) in [6.45, 7) is 0. The first kappa shape index (κ1) is 10.4. The monoisotopic (exact) mass is 193 g/mol. The number of rotatable bonds is 1. The van der Waals surface area contributed by atoms with Gasteiger partial charge < -0.3 is 35.1 Å². The fourth-order valence-corrected chi connectivity index (χ4v) is 1.06. The van der Waals surface area contributed by atoms with E-state index in [4.69, 9.17) is 20.4 Å². The molecule has 7 heteroatoms. The Morgan fingerprint density at radius 2 is 1.62 bits per heavy atom. The van der Waals surface area contributed by atoms with E-state index in [0.29, 0.717) is 0 Å². The van der Waals surface area contributed by atoms with Crippen LogP contribution in [0.5, 0.6) is 0 Å². The van der Waals surface area contributed by atoms with Gasteiger partial charge in [-0.15, -0.1) is 0 Å². The molecule has 13 heavy (non-hydrogen) atoms. The van der Waals surface area contributed by atoms with Crippen molar-refractivity contribution in [1.29, 1.82) is 0 Å². The number of carbonyl (C=O) groups is 1. The van der Waals surface area contributed by atoms with E-state index >= 15 is 0 Å². The predicted molar refractivity (Wildman–Crippen MR) is 33.9 cm³/mol. The minimum atomic E-state index is -1.85. The first-order chi connectivity index (χ1) is 5.95. The van der Waals surface area contributed by atoms with Gasteiger partial charge in [-0.05, 0) is 0 Å². The van der Waals surface area contributed by atoms with Gasteiger partial charge in [-0.1, -0.05) is 0 Å². The van der Waals surface area contributed by atoms with E-state index in [0.717, 1.165) is 0 Å². The Kier molecular flexibility index (Phi) is 2.84. The average molecular weight is 193 g/mol. The van der Waals surface area contributed by atoms with Gasteiger partial charge >= 0.3 is 0 Å². The van der Waals surface area contributed by atoms with Crippen LogP contribution in [-0.4, -0.2) is 57.1 Å². The zero-order valence-corrected chi connectivity index (χ0v) is 6.40. The van der Waals surface area contributed by atoms with Gasteiger partial charge in [0.1, 0.15) is 24.4 Å². The number of carboxylic acid groups (broad SMARTS) is 1. The van der Waals surface area contributed by atoms with Crippen LogP contribution in [-0.2, 0) is 9.53 Å². The van der Waals surface area contributed by atoms with E-state index in [1.807, 2.05) is 0 Å². The molecule has 0 aromatic carbocycles. The number of carbonyl (C=O) groups excluding carboxylic acids is 1. The van der Waals surface area contributed by atoms with Gasteiger partial charge in [0.05, 0.1) is 5.97 Å². The molecule has 0 aromatic rings. The molecule has 0 amide bonds. The minimum absolute atomic E-state index is 1.73. The SMILES string of the molecule is O=C([O-])[C@H]1OC(O)[C@H](O)[C@@H](O)[C@H]1O. The summed E-state index contributed by atoms with van der Waals surface area (Å²) in [6, 6.07) is 0. The summed E-state index contributed by atoms with van der Waals surface area (Å²) >= 11 is 0. The largest absolute Gasteiger partial charge is 0.547 e. The average Bonchev–Trinajstić information content (AvgIpc) is 2.07. The zero-order valence-electron chi connectivity index (χ0n) is 6.40. The lowest BCUT2D eigenvalue weighted by atomic mass is 9.99. The molecule has 1 aliphatic rings. The van der Waals surface area contributed by atoms with Gasteiger partial charge in [0.15, 0.2) is 6.29 Å². The van der Waals surface area contributed by atoms with Crippen molar-refractivity contribution in [1.82, 2.24) is 0 Å². The van der Waals surface area contributed by atoms with Crippen molar-refractivity contribution in [3.63, 3.8) is 0 Å².